The first-order valence-electron chi connectivity index (χ1n) is 11.9. The quantitative estimate of drug-likeness (QED) is 0.624. The number of carboxylic acid groups (broad SMARTS) is 1. The molecule has 3 fully saturated rings. The molecule has 1 amide bonds. The number of alkyl halides is 2. The Labute approximate surface area is 200 Å². The highest BCUT2D eigenvalue weighted by Gasteiger charge is 2.53. The number of carboxylic acids is 1. The van der Waals surface area contributed by atoms with Crippen molar-refractivity contribution in [3.8, 4) is 11.5 Å². The summed E-state index contributed by atoms with van der Waals surface area (Å²) in [7, 11) is 0. The van der Waals surface area contributed by atoms with Gasteiger partial charge in [0.1, 0.15) is 0 Å². The first-order valence-corrected chi connectivity index (χ1v) is 11.9. The molecule has 2 saturated carbocycles. The predicted octanol–water partition coefficient (Wildman–Crippen LogP) is 4.55. The van der Waals surface area contributed by atoms with Crippen molar-refractivity contribution >= 4 is 11.9 Å². The van der Waals surface area contributed by atoms with Crippen LogP contribution >= 0.6 is 0 Å². The van der Waals surface area contributed by atoms with Crippen LogP contribution in [0.5, 0.6) is 11.5 Å². The van der Waals surface area contributed by atoms with Crippen LogP contribution < -0.4 is 14.8 Å². The molecule has 2 heterocycles. The third-order valence-electron chi connectivity index (χ3n) is 7.51. The molecule has 0 aromatic heterocycles. The lowest BCUT2D eigenvalue weighted by Gasteiger charge is -2.37. The van der Waals surface area contributed by atoms with Crippen molar-refractivity contribution in [3.63, 3.8) is 0 Å². The molecule has 2 aliphatic carbocycles. The highest BCUT2D eigenvalue weighted by Crippen LogP contribution is 2.52. The summed E-state index contributed by atoms with van der Waals surface area (Å²) < 4.78 is 42.3. The summed E-state index contributed by atoms with van der Waals surface area (Å²) in [5.41, 5.74) is 0.979. The lowest BCUT2D eigenvalue weighted by Crippen LogP contribution is -2.47. The number of nitrogens with one attached hydrogen (secondary N) is 1. The molecule has 7 nitrogen and oxygen atoms in total. The average Bonchev–Trinajstić information content (AvgIpc) is 3.74. The van der Waals surface area contributed by atoms with Crippen molar-refractivity contribution in [2.45, 2.75) is 68.5 Å². The van der Waals surface area contributed by atoms with Gasteiger partial charge in [-0.3, -0.25) is 4.79 Å². The third kappa shape index (κ3) is 4.22. The van der Waals surface area contributed by atoms with E-state index in [9.17, 15) is 23.5 Å². The van der Waals surface area contributed by atoms with E-state index in [4.69, 9.17) is 4.74 Å². The largest absolute Gasteiger partial charge is 0.586 e. The summed E-state index contributed by atoms with van der Waals surface area (Å²) >= 11 is 0. The number of amides is 1. The van der Waals surface area contributed by atoms with Gasteiger partial charge in [0.05, 0.1) is 23.2 Å². The Balaban J connectivity index is 1.19. The highest BCUT2D eigenvalue weighted by molar-refractivity contribution is 5.91. The van der Waals surface area contributed by atoms with E-state index in [-0.39, 0.29) is 41.2 Å². The highest BCUT2D eigenvalue weighted by atomic mass is 19.3. The fourth-order valence-corrected chi connectivity index (χ4v) is 5.24. The average molecular weight is 485 g/mol. The first-order chi connectivity index (χ1) is 16.7. The monoisotopic (exact) mass is 485 g/mol. The van der Waals surface area contributed by atoms with Crippen LogP contribution in [0.15, 0.2) is 42.5 Å². The Bertz CT molecular complexity index is 1170. The maximum Gasteiger partial charge on any atom is 0.586 e. The lowest BCUT2D eigenvalue weighted by molar-refractivity contribution is -0.286. The van der Waals surface area contributed by atoms with Crippen LogP contribution in [0.1, 0.15) is 66.1 Å². The second-order valence-corrected chi connectivity index (χ2v) is 9.98. The number of ether oxygens (including phenoxy) is 3. The van der Waals surface area contributed by atoms with Crippen LogP contribution in [-0.2, 0) is 14.9 Å². The van der Waals surface area contributed by atoms with E-state index in [1.54, 1.807) is 30.3 Å². The zero-order valence-corrected chi connectivity index (χ0v) is 18.8. The lowest BCUT2D eigenvalue weighted by atomic mass is 9.90. The van der Waals surface area contributed by atoms with Crippen molar-refractivity contribution in [3.05, 3.63) is 59.2 Å². The van der Waals surface area contributed by atoms with Gasteiger partial charge in [-0.25, -0.2) is 4.79 Å². The number of hydrogen-bond donors (Lipinski definition) is 2. The molecular weight excluding hydrogens is 460 g/mol. The van der Waals surface area contributed by atoms with Crippen LogP contribution in [0.25, 0.3) is 0 Å². The topological polar surface area (TPSA) is 94.1 Å². The van der Waals surface area contributed by atoms with Crippen molar-refractivity contribution in [1.29, 1.82) is 0 Å². The van der Waals surface area contributed by atoms with Gasteiger partial charge >= 0.3 is 12.3 Å². The summed E-state index contributed by atoms with van der Waals surface area (Å²) in [6.07, 6.45) is 0.829. The summed E-state index contributed by atoms with van der Waals surface area (Å²) in [6.45, 7) is 0. The van der Waals surface area contributed by atoms with Crippen LogP contribution in [0, 0.1) is 5.92 Å². The van der Waals surface area contributed by atoms with Crippen LogP contribution in [0.4, 0.5) is 8.78 Å². The number of carbonyl (C=O) groups excluding carboxylic acids is 1. The van der Waals surface area contributed by atoms with E-state index < -0.39 is 17.7 Å². The molecule has 2 aromatic carbocycles. The minimum Gasteiger partial charge on any atom is -0.478 e. The standard InChI is InChI=1S/C26H25F2NO6/c27-26(28)34-19-8-7-17(11-22(19)35-26)25(9-10-25)24(32)29-18-12-20(14-1-2-14)33-21(13-18)15-3-5-16(6-4-15)23(30)31/h3-8,11,14,18,20-21H,1-2,9-10,12-13H2,(H,29,32)(H,30,31)/t18?,20-,21+/m0/s1. The number of aromatic carboxylic acids is 1. The van der Waals surface area contributed by atoms with Gasteiger partial charge in [0.2, 0.25) is 5.91 Å². The van der Waals surface area contributed by atoms with Gasteiger partial charge in [0.15, 0.2) is 11.5 Å². The van der Waals surface area contributed by atoms with Gasteiger partial charge < -0.3 is 24.6 Å². The zero-order chi connectivity index (χ0) is 24.4. The summed E-state index contributed by atoms with van der Waals surface area (Å²) in [6, 6.07) is 11.1. The molecule has 1 saturated heterocycles. The summed E-state index contributed by atoms with van der Waals surface area (Å²) in [4.78, 5) is 24.6. The Hall–Kier alpha value is -3.20. The van der Waals surface area contributed by atoms with Crippen LogP contribution in [0.3, 0.4) is 0 Å². The Morgan fingerprint density at radius 2 is 1.69 bits per heavy atom. The van der Waals surface area contributed by atoms with E-state index in [2.05, 4.69) is 14.8 Å². The predicted molar refractivity (Wildman–Crippen MR) is 118 cm³/mol. The third-order valence-corrected chi connectivity index (χ3v) is 7.51. The van der Waals surface area contributed by atoms with Gasteiger partial charge in [0.25, 0.3) is 0 Å². The molecule has 3 atom stereocenters. The van der Waals surface area contributed by atoms with Gasteiger partial charge in [0, 0.05) is 6.04 Å². The number of fused-ring (bicyclic) bond motifs is 1. The molecule has 1 unspecified atom stereocenters. The molecule has 0 spiro atoms. The van der Waals surface area contributed by atoms with Crippen LogP contribution in [-0.4, -0.2) is 35.4 Å². The second kappa shape index (κ2) is 7.91. The van der Waals surface area contributed by atoms with Gasteiger partial charge in [-0.05, 0) is 79.8 Å². The van der Waals surface area contributed by atoms with Crippen molar-refractivity contribution in [2.75, 3.05) is 0 Å². The summed E-state index contributed by atoms with van der Waals surface area (Å²) in [5.74, 6) is -0.728. The number of carbonyl (C=O) groups is 2. The van der Waals surface area contributed by atoms with Crippen LogP contribution in [0.2, 0.25) is 0 Å². The molecule has 9 heteroatoms. The minimum atomic E-state index is -3.70. The number of rotatable bonds is 6. The van der Waals surface area contributed by atoms with Gasteiger partial charge in [-0.1, -0.05) is 18.2 Å². The van der Waals surface area contributed by atoms with Gasteiger partial charge in [-0.2, -0.15) is 0 Å². The van der Waals surface area contributed by atoms with Crippen molar-refractivity contribution in [2.24, 2.45) is 5.92 Å². The van der Waals surface area contributed by atoms with E-state index >= 15 is 0 Å². The Morgan fingerprint density at radius 1 is 0.971 bits per heavy atom. The molecule has 184 valence electrons. The molecule has 2 aliphatic heterocycles. The molecule has 0 bridgehead atoms. The molecular formula is C26H25F2NO6. The SMILES string of the molecule is O=C(O)c1ccc([C@H]2CC(NC(=O)C3(c4ccc5c(c4)OC(F)(F)O5)CC3)C[C@@H](C3CC3)O2)cc1. The van der Waals surface area contributed by atoms with Crippen molar-refractivity contribution in [1.82, 2.24) is 5.32 Å². The number of hydrogen-bond acceptors (Lipinski definition) is 5. The molecule has 6 rings (SSSR count). The fraction of sp³-hybridized carbons (Fsp3) is 0.462. The van der Waals surface area contributed by atoms with Crippen molar-refractivity contribution < 1.29 is 37.7 Å². The molecule has 2 aromatic rings. The van der Waals surface area contributed by atoms with E-state index in [1.807, 2.05) is 0 Å². The molecule has 0 radical (unpaired) electrons. The smallest absolute Gasteiger partial charge is 0.478 e. The molecule has 4 aliphatic rings. The Kier molecular flexibility index (Phi) is 5.03. The fourth-order valence-electron chi connectivity index (χ4n) is 5.24. The van der Waals surface area contributed by atoms with Gasteiger partial charge in [-0.15, -0.1) is 8.78 Å². The molecule has 2 N–H and O–H groups in total. The first kappa shape index (κ1) is 22.3. The van der Waals surface area contributed by atoms with E-state index in [0.29, 0.717) is 37.2 Å². The minimum absolute atomic E-state index is 0.0288. The number of benzene rings is 2. The maximum atomic E-state index is 13.4. The van der Waals surface area contributed by atoms with E-state index in [1.165, 1.54) is 12.1 Å². The molecule has 35 heavy (non-hydrogen) atoms. The number of halogens is 2. The van der Waals surface area contributed by atoms with E-state index in [0.717, 1.165) is 18.4 Å². The normalized spacial score (nSPS) is 27.8. The Morgan fingerprint density at radius 3 is 2.34 bits per heavy atom. The zero-order valence-electron chi connectivity index (χ0n) is 18.8. The maximum absolute atomic E-state index is 13.4. The second-order valence-electron chi connectivity index (χ2n) is 9.98. The summed E-state index contributed by atoms with van der Waals surface area (Å²) in [5, 5.41) is 12.4.